The molecule has 0 radical (unpaired) electrons. The molecule has 6 nitrogen and oxygen atoms in total. The number of halogens is 1. The van der Waals surface area contributed by atoms with Crippen LogP contribution in [0.2, 0.25) is 0 Å². The Morgan fingerprint density at radius 1 is 1.16 bits per heavy atom. The molecule has 0 spiro atoms. The van der Waals surface area contributed by atoms with Gasteiger partial charge in [-0.05, 0) is 32.9 Å². The number of rotatable bonds is 6. The lowest BCUT2D eigenvalue weighted by molar-refractivity contribution is 0.268. The maximum absolute atomic E-state index is 14.0. The van der Waals surface area contributed by atoms with Crippen molar-refractivity contribution in [3.05, 3.63) is 58.9 Å². The number of nitrogens with zero attached hydrogens (tertiary/aromatic N) is 4. The van der Waals surface area contributed by atoms with E-state index in [1.165, 1.54) is 6.07 Å². The molecule has 7 heteroatoms. The monoisotopic (exact) mass is 343 g/mol. The molecule has 0 bridgehead atoms. The number of aliphatic hydroxyl groups excluding tert-OH is 1. The normalized spacial score (nSPS) is 11.1. The van der Waals surface area contributed by atoms with Crippen LogP contribution in [-0.4, -0.2) is 31.3 Å². The van der Waals surface area contributed by atoms with Crippen molar-refractivity contribution in [2.75, 3.05) is 11.9 Å². The predicted molar refractivity (Wildman–Crippen MR) is 94.4 cm³/mol. The molecule has 0 fully saturated rings. The van der Waals surface area contributed by atoms with E-state index in [0.717, 1.165) is 28.3 Å². The Morgan fingerprint density at radius 3 is 2.64 bits per heavy atom. The molecule has 2 N–H and O–H groups in total. The minimum Gasteiger partial charge on any atom is -0.394 e. The third-order valence-electron chi connectivity index (χ3n) is 4.39. The third-order valence-corrected chi connectivity index (χ3v) is 4.39. The lowest BCUT2D eigenvalue weighted by atomic mass is 10.2. The molecule has 0 saturated carbocycles. The number of aryl methyl sites for hydroxylation is 1. The van der Waals surface area contributed by atoms with Gasteiger partial charge in [0.05, 0.1) is 36.4 Å². The van der Waals surface area contributed by atoms with Crippen LogP contribution in [0.1, 0.15) is 22.6 Å². The van der Waals surface area contributed by atoms with E-state index in [9.17, 15) is 4.39 Å². The first-order chi connectivity index (χ1) is 12.0. The maximum Gasteiger partial charge on any atom is 0.148 e. The Balaban J connectivity index is 1.81. The van der Waals surface area contributed by atoms with Gasteiger partial charge in [-0.15, -0.1) is 0 Å². The first-order valence-corrected chi connectivity index (χ1v) is 8.20. The van der Waals surface area contributed by atoms with Gasteiger partial charge in [-0.25, -0.2) is 9.07 Å². The first-order valence-electron chi connectivity index (χ1n) is 8.20. The van der Waals surface area contributed by atoms with Crippen LogP contribution in [0.5, 0.6) is 0 Å². The summed E-state index contributed by atoms with van der Waals surface area (Å²) in [4.78, 5) is 0. The highest BCUT2D eigenvalue weighted by Crippen LogP contribution is 2.22. The molecular formula is C18H22FN5O. The summed E-state index contributed by atoms with van der Waals surface area (Å²) in [5.41, 5.74) is 5.15. The fourth-order valence-electron chi connectivity index (χ4n) is 2.94. The number of hydrogen-bond donors (Lipinski definition) is 2. The van der Waals surface area contributed by atoms with Gasteiger partial charge in [0.15, 0.2) is 0 Å². The van der Waals surface area contributed by atoms with Crippen molar-refractivity contribution in [2.24, 2.45) is 0 Å². The minimum atomic E-state index is -0.308. The molecule has 0 atom stereocenters. The second-order valence-electron chi connectivity index (χ2n) is 5.96. The average molecular weight is 343 g/mol. The molecule has 0 saturated heterocycles. The molecule has 0 aliphatic rings. The number of aromatic nitrogens is 4. The van der Waals surface area contributed by atoms with Crippen molar-refractivity contribution >= 4 is 5.69 Å². The van der Waals surface area contributed by atoms with E-state index in [-0.39, 0.29) is 12.4 Å². The van der Waals surface area contributed by atoms with Gasteiger partial charge in [0.25, 0.3) is 0 Å². The van der Waals surface area contributed by atoms with E-state index in [0.29, 0.717) is 18.8 Å². The number of hydrogen-bond acceptors (Lipinski definition) is 4. The minimum absolute atomic E-state index is 0.0589. The van der Waals surface area contributed by atoms with E-state index < -0.39 is 0 Å². The smallest absolute Gasteiger partial charge is 0.148 e. The summed E-state index contributed by atoms with van der Waals surface area (Å²) in [5.74, 6) is -0.308. The molecular weight excluding hydrogens is 321 g/mol. The second kappa shape index (κ2) is 7.06. The van der Waals surface area contributed by atoms with Crippen LogP contribution < -0.4 is 5.32 Å². The number of benzene rings is 1. The van der Waals surface area contributed by atoms with Crippen molar-refractivity contribution in [1.29, 1.82) is 0 Å². The molecule has 2 heterocycles. The Bertz CT molecular complexity index is 884. The SMILES string of the molecule is Cc1nn(CCO)c(C)c1CNc1cnn(-c2ccccc2F)c1C. The predicted octanol–water partition coefficient (Wildman–Crippen LogP) is 2.74. The summed E-state index contributed by atoms with van der Waals surface area (Å²) < 4.78 is 17.4. The van der Waals surface area contributed by atoms with Crippen LogP contribution >= 0.6 is 0 Å². The van der Waals surface area contributed by atoms with Gasteiger partial charge >= 0.3 is 0 Å². The molecule has 132 valence electrons. The Morgan fingerprint density at radius 2 is 1.92 bits per heavy atom. The summed E-state index contributed by atoms with van der Waals surface area (Å²) in [6, 6.07) is 6.57. The zero-order chi connectivity index (χ0) is 18.0. The van der Waals surface area contributed by atoms with Crippen molar-refractivity contribution in [3.63, 3.8) is 0 Å². The highest BCUT2D eigenvalue weighted by Gasteiger charge is 2.14. The lowest BCUT2D eigenvalue weighted by Crippen LogP contribution is -2.07. The largest absolute Gasteiger partial charge is 0.394 e. The van der Waals surface area contributed by atoms with Crippen LogP contribution in [0.25, 0.3) is 5.69 Å². The molecule has 1 aromatic carbocycles. The molecule has 0 unspecified atom stereocenters. The van der Waals surface area contributed by atoms with E-state index in [4.69, 9.17) is 5.11 Å². The van der Waals surface area contributed by atoms with Crippen molar-refractivity contribution in [3.8, 4) is 5.69 Å². The first kappa shape index (κ1) is 17.2. The molecule has 25 heavy (non-hydrogen) atoms. The maximum atomic E-state index is 14.0. The molecule has 3 rings (SSSR count). The fraction of sp³-hybridized carbons (Fsp3) is 0.333. The van der Waals surface area contributed by atoms with Crippen molar-refractivity contribution in [1.82, 2.24) is 19.6 Å². The average Bonchev–Trinajstić information content (AvgIpc) is 3.07. The number of aliphatic hydroxyl groups is 1. The summed E-state index contributed by atoms with van der Waals surface area (Å²) >= 11 is 0. The highest BCUT2D eigenvalue weighted by molar-refractivity contribution is 5.50. The zero-order valence-corrected chi connectivity index (χ0v) is 14.6. The summed E-state index contributed by atoms with van der Waals surface area (Å²) in [6.07, 6.45) is 1.70. The van der Waals surface area contributed by atoms with Gasteiger partial charge in [0.1, 0.15) is 11.5 Å². The van der Waals surface area contributed by atoms with E-state index in [2.05, 4.69) is 15.5 Å². The molecule has 0 aliphatic carbocycles. The third kappa shape index (κ3) is 3.28. The van der Waals surface area contributed by atoms with Crippen molar-refractivity contribution < 1.29 is 9.50 Å². The molecule has 3 aromatic rings. The number of anilines is 1. The van der Waals surface area contributed by atoms with E-state index in [1.54, 1.807) is 29.1 Å². The van der Waals surface area contributed by atoms with Crippen LogP contribution in [0.4, 0.5) is 10.1 Å². The van der Waals surface area contributed by atoms with Gasteiger partial charge < -0.3 is 10.4 Å². The summed E-state index contributed by atoms with van der Waals surface area (Å²) in [6.45, 7) is 6.97. The number of para-hydroxylation sites is 1. The van der Waals surface area contributed by atoms with E-state index in [1.807, 2.05) is 25.5 Å². The Kier molecular flexibility index (Phi) is 4.85. The fourth-order valence-corrected chi connectivity index (χ4v) is 2.94. The van der Waals surface area contributed by atoms with Crippen LogP contribution in [0.15, 0.2) is 30.5 Å². The molecule has 0 amide bonds. The quantitative estimate of drug-likeness (QED) is 0.722. The van der Waals surface area contributed by atoms with Crippen molar-refractivity contribution in [2.45, 2.75) is 33.9 Å². The standard InChI is InChI=1S/C18H22FN5O/c1-12-15(13(2)23(22-12)8-9-25)10-20-17-11-21-24(14(17)3)18-7-5-4-6-16(18)19/h4-7,11,20,25H,8-10H2,1-3H3. The van der Waals surface area contributed by atoms with Crippen LogP contribution in [0.3, 0.4) is 0 Å². The van der Waals surface area contributed by atoms with Gasteiger partial charge in [0, 0.05) is 17.8 Å². The summed E-state index contributed by atoms with van der Waals surface area (Å²) in [5, 5.41) is 21.2. The lowest BCUT2D eigenvalue weighted by Gasteiger charge is -2.09. The molecule has 0 aliphatic heterocycles. The topological polar surface area (TPSA) is 67.9 Å². The van der Waals surface area contributed by atoms with Gasteiger partial charge in [-0.1, -0.05) is 12.1 Å². The summed E-state index contributed by atoms with van der Waals surface area (Å²) in [7, 11) is 0. The molecule has 2 aromatic heterocycles. The van der Waals surface area contributed by atoms with Gasteiger partial charge in [-0.3, -0.25) is 4.68 Å². The zero-order valence-electron chi connectivity index (χ0n) is 14.6. The second-order valence-corrected chi connectivity index (χ2v) is 5.96. The Hall–Kier alpha value is -2.67. The van der Waals surface area contributed by atoms with Gasteiger partial charge in [0.2, 0.25) is 0 Å². The van der Waals surface area contributed by atoms with Gasteiger partial charge in [-0.2, -0.15) is 10.2 Å². The Labute approximate surface area is 145 Å². The number of nitrogens with one attached hydrogen (secondary N) is 1. The highest BCUT2D eigenvalue weighted by atomic mass is 19.1. The van der Waals surface area contributed by atoms with E-state index >= 15 is 0 Å². The van der Waals surface area contributed by atoms with Crippen LogP contribution in [-0.2, 0) is 13.1 Å². The van der Waals surface area contributed by atoms with Crippen LogP contribution in [0, 0.1) is 26.6 Å².